The van der Waals surface area contributed by atoms with Crippen molar-refractivity contribution in [1.29, 1.82) is 5.26 Å². The zero-order valence-corrected chi connectivity index (χ0v) is 16.3. The Balaban J connectivity index is 2.36. The summed E-state index contributed by atoms with van der Waals surface area (Å²) in [6.45, 7) is 4.73. The summed E-state index contributed by atoms with van der Waals surface area (Å²) in [6, 6.07) is 12.5. The average Bonchev–Trinajstić information content (AvgIpc) is 3.10. The van der Waals surface area contributed by atoms with Gasteiger partial charge in [-0.15, -0.1) is 22.9 Å². The predicted octanol–water partition coefficient (Wildman–Crippen LogP) is 5.10. The quantitative estimate of drug-likeness (QED) is 0.603. The number of hydrogen-bond donors (Lipinski definition) is 0. The van der Waals surface area contributed by atoms with Crippen LogP contribution >= 0.6 is 22.9 Å². The van der Waals surface area contributed by atoms with E-state index >= 15 is 0 Å². The third-order valence-corrected chi connectivity index (χ3v) is 5.52. The molecule has 1 amide bonds. The number of halogens is 1. The van der Waals surface area contributed by atoms with E-state index in [-0.39, 0.29) is 11.8 Å². The number of anilines is 1. The van der Waals surface area contributed by atoms with E-state index in [4.69, 9.17) is 16.9 Å². The van der Waals surface area contributed by atoms with Crippen LogP contribution in [-0.2, 0) is 30.6 Å². The molecule has 0 aliphatic carbocycles. The molecule has 3 nitrogen and oxygen atoms in total. The Kier molecular flexibility index (Phi) is 7.49. The monoisotopic (exact) mass is 374 g/mol. The van der Waals surface area contributed by atoms with Gasteiger partial charge >= 0.3 is 0 Å². The van der Waals surface area contributed by atoms with Gasteiger partial charge in [-0.3, -0.25) is 4.79 Å². The molecule has 0 saturated carbocycles. The van der Waals surface area contributed by atoms with Gasteiger partial charge in [0.2, 0.25) is 5.91 Å². The summed E-state index contributed by atoms with van der Waals surface area (Å²) in [7, 11) is 0. The molecule has 0 radical (unpaired) electrons. The van der Waals surface area contributed by atoms with Crippen LogP contribution in [0.2, 0.25) is 0 Å². The topological polar surface area (TPSA) is 44.1 Å². The SMILES string of the molecule is CCc1cccc(CC)c1N(Cc1ccc(CCC#N)s1)C(=O)CCl. The lowest BCUT2D eigenvalue weighted by atomic mass is 10.0. The molecule has 0 fully saturated rings. The van der Waals surface area contributed by atoms with Crippen molar-refractivity contribution in [2.45, 2.75) is 46.1 Å². The van der Waals surface area contributed by atoms with E-state index in [1.807, 2.05) is 17.0 Å². The van der Waals surface area contributed by atoms with Gasteiger partial charge in [-0.25, -0.2) is 0 Å². The van der Waals surface area contributed by atoms with Crippen molar-refractivity contribution in [3.05, 3.63) is 51.2 Å². The van der Waals surface area contributed by atoms with E-state index in [2.05, 4.69) is 38.1 Å². The Morgan fingerprint density at radius 3 is 2.36 bits per heavy atom. The van der Waals surface area contributed by atoms with E-state index in [1.54, 1.807) is 11.3 Å². The van der Waals surface area contributed by atoms with Gasteiger partial charge in [-0.1, -0.05) is 32.0 Å². The maximum absolute atomic E-state index is 12.6. The Hall–Kier alpha value is -1.83. The zero-order chi connectivity index (χ0) is 18.2. The number of nitriles is 1. The fourth-order valence-electron chi connectivity index (χ4n) is 2.90. The van der Waals surface area contributed by atoms with Crippen molar-refractivity contribution in [2.75, 3.05) is 10.8 Å². The highest BCUT2D eigenvalue weighted by molar-refractivity contribution is 7.12. The number of carbonyl (C=O) groups is 1. The third kappa shape index (κ3) is 4.84. The lowest BCUT2D eigenvalue weighted by Gasteiger charge is -2.26. The second-order valence-corrected chi connectivity index (χ2v) is 7.29. The first kappa shape index (κ1) is 19.5. The van der Waals surface area contributed by atoms with Crippen molar-refractivity contribution in [1.82, 2.24) is 0 Å². The summed E-state index contributed by atoms with van der Waals surface area (Å²) in [5.41, 5.74) is 3.34. The van der Waals surface area contributed by atoms with Crippen LogP contribution in [0.25, 0.3) is 0 Å². The van der Waals surface area contributed by atoms with Crippen LogP contribution in [0.15, 0.2) is 30.3 Å². The zero-order valence-electron chi connectivity index (χ0n) is 14.7. The fourth-order valence-corrected chi connectivity index (χ4v) is 4.05. The number of para-hydroxylation sites is 1. The molecule has 0 bridgehead atoms. The van der Waals surface area contributed by atoms with Gasteiger partial charge in [0.15, 0.2) is 0 Å². The van der Waals surface area contributed by atoms with Crippen LogP contribution in [0, 0.1) is 11.3 Å². The van der Waals surface area contributed by atoms with Gasteiger partial charge in [0.1, 0.15) is 5.88 Å². The molecule has 0 unspecified atom stereocenters. The molecule has 5 heteroatoms. The summed E-state index contributed by atoms with van der Waals surface area (Å²) < 4.78 is 0. The molecular weight excluding hydrogens is 352 g/mol. The lowest BCUT2D eigenvalue weighted by molar-refractivity contribution is -0.116. The standard InChI is InChI=1S/C20H23ClN2OS/c1-3-15-7-5-8-16(4-2)20(15)23(19(24)13-21)14-18-11-10-17(25-18)9-6-12-22/h5,7-8,10-11H,3-4,6,9,13-14H2,1-2H3. The summed E-state index contributed by atoms with van der Waals surface area (Å²) in [6.07, 6.45) is 3.01. The average molecular weight is 375 g/mol. The molecule has 0 aliphatic heterocycles. The summed E-state index contributed by atoms with van der Waals surface area (Å²) in [4.78, 5) is 16.7. The van der Waals surface area contributed by atoms with Gasteiger partial charge in [-0.2, -0.15) is 5.26 Å². The van der Waals surface area contributed by atoms with Crippen molar-refractivity contribution in [3.63, 3.8) is 0 Å². The summed E-state index contributed by atoms with van der Waals surface area (Å²) in [5, 5.41) is 8.74. The lowest BCUT2D eigenvalue weighted by Crippen LogP contribution is -2.32. The van der Waals surface area contributed by atoms with Crippen molar-refractivity contribution < 1.29 is 4.79 Å². The molecule has 0 saturated heterocycles. The van der Waals surface area contributed by atoms with Crippen LogP contribution in [0.4, 0.5) is 5.69 Å². The van der Waals surface area contributed by atoms with Gasteiger partial charge in [-0.05, 0) is 42.5 Å². The molecule has 0 aliphatic rings. The molecular formula is C20H23ClN2OS. The number of amides is 1. The number of nitrogens with zero attached hydrogens (tertiary/aromatic N) is 2. The van der Waals surface area contributed by atoms with Crippen LogP contribution in [0.1, 0.15) is 41.1 Å². The molecule has 0 N–H and O–H groups in total. The summed E-state index contributed by atoms with van der Waals surface area (Å²) >= 11 is 7.57. The van der Waals surface area contributed by atoms with Crippen molar-refractivity contribution in [3.8, 4) is 6.07 Å². The van der Waals surface area contributed by atoms with Crippen LogP contribution in [0.3, 0.4) is 0 Å². The number of alkyl halides is 1. The number of rotatable bonds is 8. The normalized spacial score (nSPS) is 10.5. The maximum atomic E-state index is 12.6. The first-order valence-corrected chi connectivity index (χ1v) is 9.91. The first-order chi connectivity index (χ1) is 12.1. The Morgan fingerprint density at radius 1 is 1.16 bits per heavy atom. The van der Waals surface area contributed by atoms with Crippen molar-refractivity contribution in [2.24, 2.45) is 0 Å². The van der Waals surface area contributed by atoms with Gasteiger partial charge in [0, 0.05) is 16.2 Å². The molecule has 1 aromatic heterocycles. The molecule has 132 valence electrons. The van der Waals surface area contributed by atoms with E-state index in [9.17, 15) is 4.79 Å². The highest BCUT2D eigenvalue weighted by atomic mass is 35.5. The van der Waals surface area contributed by atoms with E-state index < -0.39 is 0 Å². The predicted molar refractivity (Wildman–Crippen MR) is 105 cm³/mol. The maximum Gasteiger partial charge on any atom is 0.242 e. The molecule has 1 aromatic carbocycles. The molecule has 2 rings (SSSR count). The molecule has 25 heavy (non-hydrogen) atoms. The minimum atomic E-state index is -0.0794. The van der Waals surface area contributed by atoms with Gasteiger partial charge in [0.25, 0.3) is 0 Å². The number of hydrogen-bond acceptors (Lipinski definition) is 3. The van der Waals surface area contributed by atoms with Gasteiger partial charge < -0.3 is 4.90 Å². The number of aryl methyl sites for hydroxylation is 3. The smallest absolute Gasteiger partial charge is 0.242 e. The second kappa shape index (κ2) is 9.60. The Morgan fingerprint density at radius 2 is 1.80 bits per heavy atom. The molecule has 2 aromatic rings. The first-order valence-electron chi connectivity index (χ1n) is 8.56. The third-order valence-electron chi connectivity index (χ3n) is 4.16. The van der Waals surface area contributed by atoms with Crippen molar-refractivity contribution >= 4 is 34.5 Å². The highest BCUT2D eigenvalue weighted by Crippen LogP contribution is 2.30. The van der Waals surface area contributed by atoms with E-state index in [1.165, 1.54) is 16.0 Å². The number of carbonyl (C=O) groups excluding carboxylic acids is 1. The van der Waals surface area contributed by atoms with E-state index in [0.717, 1.165) is 29.8 Å². The minimum absolute atomic E-state index is 0.0339. The van der Waals surface area contributed by atoms with Gasteiger partial charge in [0.05, 0.1) is 18.3 Å². The van der Waals surface area contributed by atoms with Crippen LogP contribution in [-0.4, -0.2) is 11.8 Å². The Labute approximate surface area is 158 Å². The fraction of sp³-hybridized carbons (Fsp3) is 0.400. The molecule has 1 heterocycles. The molecule has 0 spiro atoms. The summed E-state index contributed by atoms with van der Waals surface area (Å²) in [5.74, 6) is -0.113. The van der Waals surface area contributed by atoms with Crippen LogP contribution in [0.5, 0.6) is 0 Å². The van der Waals surface area contributed by atoms with Crippen LogP contribution < -0.4 is 4.90 Å². The molecule has 0 atom stereocenters. The largest absolute Gasteiger partial charge is 0.306 e. The second-order valence-electron chi connectivity index (χ2n) is 5.77. The number of benzene rings is 1. The van der Waals surface area contributed by atoms with E-state index in [0.29, 0.717) is 13.0 Å². The highest BCUT2D eigenvalue weighted by Gasteiger charge is 2.21. The Bertz CT molecular complexity index is 741. The number of thiophene rings is 1. The minimum Gasteiger partial charge on any atom is -0.306 e.